The van der Waals surface area contributed by atoms with Crippen LogP contribution in [0.1, 0.15) is 11.1 Å². The molecule has 3 N–H and O–H groups in total. The van der Waals surface area contributed by atoms with E-state index in [0.29, 0.717) is 22.8 Å². The highest BCUT2D eigenvalue weighted by Gasteiger charge is 2.02. The van der Waals surface area contributed by atoms with Crippen LogP contribution in [0.2, 0.25) is 5.02 Å². The Kier molecular flexibility index (Phi) is 6.09. The number of hydrogen-bond donors (Lipinski definition) is 2. The number of benzene rings is 3. The maximum Gasteiger partial charge on any atom is 0.101 e. The van der Waals surface area contributed by atoms with Gasteiger partial charge in [-0.25, -0.2) is 0 Å². The summed E-state index contributed by atoms with van der Waals surface area (Å²) in [5.41, 5.74) is 8.85. The number of halogens is 1. The van der Waals surface area contributed by atoms with Crippen LogP contribution in [0.15, 0.2) is 71.7 Å². The third-order valence-electron chi connectivity index (χ3n) is 4.10. The van der Waals surface area contributed by atoms with Gasteiger partial charge in [0.2, 0.25) is 0 Å². The van der Waals surface area contributed by atoms with Crippen molar-refractivity contribution in [3.63, 3.8) is 0 Å². The van der Waals surface area contributed by atoms with Crippen LogP contribution in [0, 0.1) is 11.3 Å². The van der Waals surface area contributed by atoms with Crippen LogP contribution >= 0.6 is 11.6 Å². The first-order chi connectivity index (χ1) is 13.2. The van der Waals surface area contributed by atoms with Gasteiger partial charge in [0.25, 0.3) is 0 Å². The Labute approximate surface area is 163 Å². The summed E-state index contributed by atoms with van der Waals surface area (Å²) >= 11 is 6.02. The van der Waals surface area contributed by atoms with E-state index in [1.165, 1.54) is 10.8 Å². The lowest BCUT2D eigenvalue weighted by molar-refractivity contribution is 1.03. The number of nitrogens with one attached hydrogen (secondary N) is 1. The fourth-order valence-electron chi connectivity index (χ4n) is 2.65. The lowest BCUT2D eigenvalue weighted by Gasteiger charge is -2.06. The van der Waals surface area contributed by atoms with Gasteiger partial charge >= 0.3 is 0 Å². The molecule has 0 atom stereocenters. The van der Waals surface area contributed by atoms with E-state index in [2.05, 4.69) is 40.6 Å². The van der Waals surface area contributed by atoms with Crippen LogP contribution < -0.4 is 11.1 Å². The van der Waals surface area contributed by atoms with Gasteiger partial charge in [-0.05, 0) is 46.7 Å². The van der Waals surface area contributed by atoms with Crippen molar-refractivity contribution in [2.45, 2.75) is 0 Å². The number of nitriles is 1. The number of allylic oxidation sites excluding steroid dienone is 1. The molecule has 3 rings (SSSR count). The number of fused-ring (bicyclic) bond motifs is 1. The Morgan fingerprint density at radius 1 is 1.11 bits per heavy atom. The summed E-state index contributed by atoms with van der Waals surface area (Å²) in [4.78, 5) is 4.34. The number of nitrogens with two attached hydrogens (primary N) is 1. The van der Waals surface area contributed by atoms with Gasteiger partial charge in [-0.3, -0.25) is 4.99 Å². The van der Waals surface area contributed by atoms with E-state index < -0.39 is 0 Å². The fraction of sp³-hybridized carbons (Fsp3) is 0.0909. The first kappa shape index (κ1) is 18.5. The predicted octanol–water partition coefficient (Wildman–Crippen LogP) is 4.85. The standard InChI is InChI=1S/C22H19ClN4/c23-21-14-18(5-6-19(21)15-24)22(25)9-10-26-11-12-27-20-8-7-16-3-1-2-4-17(16)13-20/h1-10,13-14,27H,11-12,25H2. The molecule has 0 aliphatic heterocycles. The fourth-order valence-corrected chi connectivity index (χ4v) is 2.88. The van der Waals surface area contributed by atoms with E-state index >= 15 is 0 Å². The molecule has 5 heteroatoms. The van der Waals surface area contributed by atoms with Crippen molar-refractivity contribution in [3.05, 3.63) is 82.9 Å². The number of rotatable bonds is 6. The molecule has 0 saturated carbocycles. The second-order valence-corrected chi connectivity index (χ2v) is 6.38. The Balaban J connectivity index is 1.52. The highest BCUT2D eigenvalue weighted by atomic mass is 35.5. The molecule has 0 saturated heterocycles. The molecule has 0 bridgehead atoms. The monoisotopic (exact) mass is 374 g/mol. The molecular weight excluding hydrogens is 356 g/mol. The molecule has 0 heterocycles. The summed E-state index contributed by atoms with van der Waals surface area (Å²) in [7, 11) is 0. The van der Waals surface area contributed by atoms with E-state index in [0.717, 1.165) is 17.8 Å². The molecular formula is C22H19ClN4. The summed E-state index contributed by atoms with van der Waals surface area (Å²) in [5.74, 6) is 0. The Bertz CT molecular complexity index is 1050. The molecule has 134 valence electrons. The van der Waals surface area contributed by atoms with Crippen molar-refractivity contribution < 1.29 is 0 Å². The molecule has 3 aromatic rings. The number of nitrogens with zero attached hydrogens (tertiary/aromatic N) is 2. The number of aliphatic imine (C=N–C) groups is 1. The van der Waals surface area contributed by atoms with E-state index in [1.54, 1.807) is 30.5 Å². The van der Waals surface area contributed by atoms with Gasteiger partial charge in [0.1, 0.15) is 6.07 Å². The third kappa shape index (κ3) is 4.87. The summed E-state index contributed by atoms with van der Waals surface area (Å²) in [5, 5.41) is 15.1. The van der Waals surface area contributed by atoms with E-state index in [4.69, 9.17) is 22.6 Å². The average molecular weight is 375 g/mol. The SMILES string of the molecule is N#Cc1ccc(C(N)=CC=NCCNc2ccc3ccccc3c2)cc1Cl. The minimum atomic E-state index is 0.392. The zero-order valence-electron chi connectivity index (χ0n) is 14.7. The van der Waals surface area contributed by atoms with Crippen molar-refractivity contribution in [1.82, 2.24) is 0 Å². The van der Waals surface area contributed by atoms with Crippen molar-refractivity contribution >= 4 is 40.0 Å². The molecule has 4 nitrogen and oxygen atoms in total. The van der Waals surface area contributed by atoms with E-state index in [-0.39, 0.29) is 0 Å². The first-order valence-electron chi connectivity index (χ1n) is 8.55. The number of hydrogen-bond acceptors (Lipinski definition) is 4. The van der Waals surface area contributed by atoms with E-state index in [1.807, 2.05) is 18.2 Å². The molecule has 0 radical (unpaired) electrons. The highest BCUT2D eigenvalue weighted by Crippen LogP contribution is 2.20. The Morgan fingerprint density at radius 2 is 1.93 bits per heavy atom. The molecule has 3 aromatic carbocycles. The predicted molar refractivity (Wildman–Crippen MR) is 114 cm³/mol. The van der Waals surface area contributed by atoms with Gasteiger partial charge in [0.05, 0.1) is 17.1 Å². The zero-order chi connectivity index (χ0) is 19.1. The van der Waals surface area contributed by atoms with Crippen molar-refractivity contribution in [1.29, 1.82) is 5.26 Å². The number of anilines is 1. The quantitative estimate of drug-likeness (QED) is 0.478. The summed E-state index contributed by atoms with van der Waals surface area (Å²) in [6, 6.07) is 21.7. The Hall–Kier alpha value is -3.29. The Morgan fingerprint density at radius 3 is 2.70 bits per heavy atom. The van der Waals surface area contributed by atoms with E-state index in [9.17, 15) is 0 Å². The van der Waals surface area contributed by atoms with Gasteiger partial charge in [-0.15, -0.1) is 0 Å². The topological polar surface area (TPSA) is 74.2 Å². The lowest BCUT2D eigenvalue weighted by atomic mass is 10.1. The first-order valence-corrected chi connectivity index (χ1v) is 8.93. The minimum absolute atomic E-state index is 0.392. The second kappa shape index (κ2) is 8.88. The summed E-state index contributed by atoms with van der Waals surface area (Å²) < 4.78 is 0. The normalized spacial score (nSPS) is 11.6. The molecule has 0 amide bonds. The highest BCUT2D eigenvalue weighted by molar-refractivity contribution is 6.31. The van der Waals surface area contributed by atoms with Crippen molar-refractivity contribution in [2.75, 3.05) is 18.4 Å². The molecule has 0 unspecified atom stereocenters. The third-order valence-corrected chi connectivity index (χ3v) is 4.41. The van der Waals surface area contributed by atoms with Gasteiger partial charge < -0.3 is 11.1 Å². The maximum atomic E-state index is 8.90. The van der Waals surface area contributed by atoms with Gasteiger partial charge in [-0.2, -0.15) is 5.26 Å². The van der Waals surface area contributed by atoms with Crippen LogP contribution in [-0.4, -0.2) is 19.3 Å². The maximum absolute atomic E-state index is 8.90. The largest absolute Gasteiger partial charge is 0.398 e. The molecule has 0 aliphatic carbocycles. The smallest absolute Gasteiger partial charge is 0.101 e. The molecule has 0 spiro atoms. The van der Waals surface area contributed by atoms with Crippen LogP contribution in [0.3, 0.4) is 0 Å². The molecule has 0 aliphatic rings. The van der Waals surface area contributed by atoms with Gasteiger partial charge in [-0.1, -0.05) is 48.0 Å². The van der Waals surface area contributed by atoms with Crippen LogP contribution in [0.4, 0.5) is 5.69 Å². The van der Waals surface area contributed by atoms with Gasteiger partial charge in [0, 0.05) is 24.1 Å². The van der Waals surface area contributed by atoms with Crippen LogP contribution in [-0.2, 0) is 0 Å². The lowest BCUT2D eigenvalue weighted by Crippen LogP contribution is -2.04. The second-order valence-electron chi connectivity index (χ2n) is 5.97. The van der Waals surface area contributed by atoms with Crippen molar-refractivity contribution in [2.24, 2.45) is 10.7 Å². The van der Waals surface area contributed by atoms with Crippen LogP contribution in [0.25, 0.3) is 16.5 Å². The summed E-state index contributed by atoms with van der Waals surface area (Å²) in [6.45, 7) is 1.36. The molecule has 27 heavy (non-hydrogen) atoms. The minimum Gasteiger partial charge on any atom is -0.398 e. The van der Waals surface area contributed by atoms with Crippen LogP contribution in [0.5, 0.6) is 0 Å². The average Bonchev–Trinajstić information content (AvgIpc) is 2.70. The zero-order valence-corrected chi connectivity index (χ0v) is 15.4. The molecule has 0 aromatic heterocycles. The van der Waals surface area contributed by atoms with Crippen molar-refractivity contribution in [3.8, 4) is 6.07 Å². The van der Waals surface area contributed by atoms with Gasteiger partial charge in [0.15, 0.2) is 0 Å². The summed E-state index contributed by atoms with van der Waals surface area (Å²) in [6.07, 6.45) is 3.41. The molecule has 0 fully saturated rings.